The van der Waals surface area contributed by atoms with Crippen LogP contribution in [0.2, 0.25) is 0 Å². The number of rotatable bonds is 3. The Morgan fingerprint density at radius 1 is 0.821 bits per heavy atom. The Morgan fingerprint density at radius 3 is 2.15 bits per heavy atom. The highest BCUT2D eigenvalue weighted by molar-refractivity contribution is 6.32. The highest BCUT2D eigenvalue weighted by Crippen LogP contribution is 2.61. The molecule has 0 bridgehead atoms. The summed E-state index contributed by atoms with van der Waals surface area (Å²) < 4.78 is 15.8. The van der Waals surface area contributed by atoms with Crippen molar-refractivity contribution in [3.8, 4) is 0 Å². The predicted molar refractivity (Wildman–Crippen MR) is 148 cm³/mol. The smallest absolute Gasteiger partial charge is 0.185 e. The van der Waals surface area contributed by atoms with Crippen molar-refractivity contribution < 1.29 is 18.8 Å². The molecule has 1 aliphatic carbocycles. The lowest BCUT2D eigenvalue weighted by Crippen LogP contribution is -2.48. The lowest BCUT2D eigenvalue weighted by atomic mass is 9.64. The molecular formula is C34H24FNO3. The second-order valence-corrected chi connectivity index (χ2v) is 10.5. The Morgan fingerprint density at radius 2 is 1.46 bits per heavy atom. The van der Waals surface area contributed by atoms with E-state index in [9.17, 15) is 14.4 Å². The van der Waals surface area contributed by atoms with Crippen LogP contribution >= 0.6 is 0 Å². The molecule has 3 atom stereocenters. The van der Waals surface area contributed by atoms with Gasteiger partial charge in [0.05, 0.1) is 6.04 Å². The van der Waals surface area contributed by atoms with Crippen LogP contribution in [0.5, 0.6) is 0 Å². The third-order valence-corrected chi connectivity index (χ3v) is 8.53. The van der Waals surface area contributed by atoms with Crippen molar-refractivity contribution in [3.05, 3.63) is 142 Å². The first kappa shape index (κ1) is 23.5. The largest absolute Gasteiger partial charge is 0.352 e. The molecule has 39 heavy (non-hydrogen) atoms. The number of ketones is 3. The maximum absolute atomic E-state index is 15.8. The average Bonchev–Trinajstić information content (AvgIpc) is 3.39. The number of carbonyl (C=O) groups excluding carboxylic acids is 3. The second-order valence-electron chi connectivity index (χ2n) is 10.5. The summed E-state index contributed by atoms with van der Waals surface area (Å²) in [4.78, 5) is 45.5. The van der Waals surface area contributed by atoms with E-state index in [1.807, 2.05) is 48.2 Å². The first-order valence-corrected chi connectivity index (χ1v) is 13.0. The van der Waals surface area contributed by atoms with Gasteiger partial charge in [0.15, 0.2) is 17.3 Å². The molecule has 5 heteroatoms. The Labute approximate surface area is 225 Å². The fourth-order valence-electron chi connectivity index (χ4n) is 6.92. The van der Waals surface area contributed by atoms with Crippen LogP contribution in [0, 0.1) is 18.2 Å². The molecule has 1 saturated heterocycles. The van der Waals surface area contributed by atoms with Crippen LogP contribution in [0.25, 0.3) is 6.08 Å². The molecule has 1 spiro atoms. The Balaban J connectivity index is 1.58. The van der Waals surface area contributed by atoms with Gasteiger partial charge in [0, 0.05) is 28.3 Å². The van der Waals surface area contributed by atoms with Gasteiger partial charge in [0.2, 0.25) is 0 Å². The molecule has 1 unspecified atom stereocenters. The van der Waals surface area contributed by atoms with Gasteiger partial charge < -0.3 is 4.90 Å². The minimum atomic E-state index is -1.71. The molecule has 7 rings (SSSR count). The molecule has 0 radical (unpaired) electrons. The minimum Gasteiger partial charge on any atom is -0.352 e. The fourth-order valence-corrected chi connectivity index (χ4v) is 6.92. The van der Waals surface area contributed by atoms with Crippen LogP contribution in [0.4, 0.5) is 10.1 Å². The normalized spacial score (nSPS) is 22.1. The molecule has 4 aromatic carbocycles. The molecule has 0 aromatic heterocycles. The lowest BCUT2D eigenvalue weighted by Gasteiger charge is -2.37. The fraction of sp³-hybridized carbons (Fsp3) is 0.147. The first-order chi connectivity index (χ1) is 18.9. The summed E-state index contributed by atoms with van der Waals surface area (Å²) in [6, 6.07) is 26.0. The third-order valence-electron chi connectivity index (χ3n) is 8.53. The molecule has 0 N–H and O–H groups in total. The summed E-state index contributed by atoms with van der Waals surface area (Å²) in [5, 5.41) is 0. The Bertz CT molecular complexity index is 1690. The molecule has 4 nitrogen and oxygen atoms in total. The number of nitrogens with zero attached hydrogens (tertiary/aromatic N) is 1. The van der Waals surface area contributed by atoms with Gasteiger partial charge in [0.25, 0.3) is 0 Å². The minimum absolute atomic E-state index is 0.193. The van der Waals surface area contributed by atoms with Gasteiger partial charge in [-0.2, -0.15) is 0 Å². The number of aryl methyl sites for hydroxylation is 1. The standard InChI is InChI=1S/C34H24FNO3/c1-20-15-16-21-17-18-28-34(32(38)23-11-5-6-12-24(23)33(34)39)29(25-13-7-8-14-26(25)35)30(36(28)27(21)19-20)31(37)22-9-3-2-4-10-22/h2-19,28-30H,1H3/t28?,29-,30+/m0/s1. The van der Waals surface area contributed by atoms with Crippen LogP contribution < -0.4 is 4.90 Å². The topological polar surface area (TPSA) is 54.5 Å². The van der Waals surface area contributed by atoms with E-state index in [-0.39, 0.29) is 22.9 Å². The number of halogens is 1. The number of fused-ring (bicyclic) bond motifs is 5. The molecule has 4 aromatic rings. The van der Waals surface area contributed by atoms with Gasteiger partial charge in [-0.15, -0.1) is 0 Å². The number of Topliss-reactive ketones (excluding diaryl/α,β-unsaturated/α-hetero) is 3. The highest BCUT2D eigenvalue weighted by atomic mass is 19.1. The van der Waals surface area contributed by atoms with Crippen LogP contribution in [0.3, 0.4) is 0 Å². The quantitative estimate of drug-likeness (QED) is 0.233. The van der Waals surface area contributed by atoms with Crippen LogP contribution in [-0.4, -0.2) is 29.4 Å². The van der Waals surface area contributed by atoms with Gasteiger partial charge in [-0.1, -0.05) is 97.1 Å². The maximum atomic E-state index is 15.8. The van der Waals surface area contributed by atoms with Gasteiger partial charge in [-0.05, 0) is 35.7 Å². The average molecular weight is 514 g/mol. The van der Waals surface area contributed by atoms with Crippen molar-refractivity contribution in [2.75, 3.05) is 4.90 Å². The van der Waals surface area contributed by atoms with E-state index in [0.29, 0.717) is 16.7 Å². The summed E-state index contributed by atoms with van der Waals surface area (Å²) in [6.45, 7) is 1.96. The van der Waals surface area contributed by atoms with E-state index >= 15 is 4.39 Å². The van der Waals surface area contributed by atoms with Crippen molar-refractivity contribution in [1.82, 2.24) is 0 Å². The van der Waals surface area contributed by atoms with Gasteiger partial charge in [0.1, 0.15) is 17.3 Å². The predicted octanol–water partition coefficient (Wildman–Crippen LogP) is 6.45. The zero-order valence-electron chi connectivity index (χ0n) is 21.2. The first-order valence-electron chi connectivity index (χ1n) is 13.0. The molecular weight excluding hydrogens is 489 g/mol. The van der Waals surface area contributed by atoms with Crippen LogP contribution in [0.15, 0.2) is 103 Å². The third kappa shape index (κ3) is 3.07. The second kappa shape index (κ2) is 8.43. The number of carbonyl (C=O) groups is 3. The van der Waals surface area contributed by atoms with Crippen molar-refractivity contribution in [3.63, 3.8) is 0 Å². The van der Waals surface area contributed by atoms with Crippen molar-refractivity contribution in [1.29, 1.82) is 0 Å². The molecule has 3 aliphatic rings. The SMILES string of the molecule is Cc1ccc2c(c1)N1C(C=C2)C2(C(=O)c3ccccc3C2=O)[C@@H](c2ccccc2F)[C@@H]1C(=O)c1ccccc1. The number of hydrogen-bond donors (Lipinski definition) is 0. The summed E-state index contributed by atoms with van der Waals surface area (Å²) >= 11 is 0. The number of hydrogen-bond acceptors (Lipinski definition) is 4. The maximum Gasteiger partial charge on any atom is 0.185 e. The van der Waals surface area contributed by atoms with Gasteiger partial charge in [-0.3, -0.25) is 14.4 Å². The number of benzene rings is 4. The van der Waals surface area contributed by atoms with E-state index in [1.165, 1.54) is 6.07 Å². The van der Waals surface area contributed by atoms with Crippen LogP contribution in [0.1, 0.15) is 53.7 Å². The zero-order chi connectivity index (χ0) is 26.9. The van der Waals surface area contributed by atoms with Crippen molar-refractivity contribution in [2.24, 2.45) is 5.41 Å². The lowest BCUT2D eigenvalue weighted by molar-refractivity contribution is 0.0664. The van der Waals surface area contributed by atoms with E-state index in [0.717, 1.165) is 16.8 Å². The van der Waals surface area contributed by atoms with Crippen molar-refractivity contribution in [2.45, 2.75) is 24.9 Å². The molecule has 190 valence electrons. The Kier molecular flexibility index (Phi) is 5.08. The van der Waals surface area contributed by atoms with Crippen molar-refractivity contribution >= 4 is 29.1 Å². The van der Waals surface area contributed by atoms with E-state index < -0.39 is 29.2 Å². The molecule has 2 heterocycles. The summed E-state index contributed by atoms with van der Waals surface area (Å²) in [5.74, 6) is -2.59. The van der Waals surface area contributed by atoms with Crippen LogP contribution in [-0.2, 0) is 0 Å². The highest BCUT2D eigenvalue weighted by Gasteiger charge is 2.71. The summed E-state index contributed by atoms with van der Waals surface area (Å²) in [6.07, 6.45) is 3.76. The van der Waals surface area contributed by atoms with E-state index in [1.54, 1.807) is 66.7 Å². The van der Waals surface area contributed by atoms with E-state index in [2.05, 4.69) is 0 Å². The number of anilines is 1. The van der Waals surface area contributed by atoms with Gasteiger partial charge >= 0.3 is 0 Å². The summed E-state index contributed by atoms with van der Waals surface area (Å²) in [7, 11) is 0. The summed E-state index contributed by atoms with van der Waals surface area (Å²) in [5.41, 5.74) is 2.18. The zero-order valence-corrected chi connectivity index (χ0v) is 21.2. The molecule has 0 amide bonds. The monoisotopic (exact) mass is 513 g/mol. The molecule has 1 fully saturated rings. The molecule has 2 aliphatic heterocycles. The van der Waals surface area contributed by atoms with Gasteiger partial charge in [-0.25, -0.2) is 4.39 Å². The van der Waals surface area contributed by atoms with E-state index in [4.69, 9.17) is 0 Å². The Hall–Kier alpha value is -4.64. The molecule has 0 saturated carbocycles.